The molecular weight excluding hydrogens is 399 g/mol. The molecule has 2 aromatic carbocycles. The van der Waals surface area contributed by atoms with E-state index in [4.69, 9.17) is 21.1 Å². The molecule has 5 rings (SSSR count). The van der Waals surface area contributed by atoms with Crippen molar-refractivity contribution in [2.24, 2.45) is 0 Å². The number of ether oxygens (including phenoxy) is 2. The van der Waals surface area contributed by atoms with Crippen molar-refractivity contribution in [1.29, 1.82) is 0 Å². The zero-order valence-corrected chi connectivity index (χ0v) is 16.8. The molecule has 0 saturated heterocycles. The van der Waals surface area contributed by atoms with Gasteiger partial charge in [-0.1, -0.05) is 11.6 Å². The number of rotatable bonds is 3. The third-order valence-electron chi connectivity index (χ3n) is 4.76. The lowest BCUT2D eigenvalue weighted by molar-refractivity contribution is 0.245. The molecule has 0 spiro atoms. The van der Waals surface area contributed by atoms with Crippen LogP contribution < -0.4 is 9.47 Å². The summed E-state index contributed by atoms with van der Waals surface area (Å²) in [4.78, 5) is 9.26. The first-order valence-electron chi connectivity index (χ1n) is 9.04. The van der Waals surface area contributed by atoms with E-state index in [1.54, 1.807) is 6.20 Å². The lowest BCUT2D eigenvalue weighted by Crippen LogP contribution is -2.05. The summed E-state index contributed by atoms with van der Waals surface area (Å²) in [5.74, 6) is 0.684. The van der Waals surface area contributed by atoms with Crippen molar-refractivity contribution in [3.8, 4) is 22.1 Å². The Kier molecular flexibility index (Phi) is 4.14. The number of fused-ring (bicyclic) bond motifs is 4. The van der Waals surface area contributed by atoms with Gasteiger partial charge in [0.2, 0.25) is 0 Å². The molecule has 0 fully saturated rings. The minimum atomic E-state index is -0.362. The maximum atomic E-state index is 14.4. The van der Waals surface area contributed by atoms with Crippen molar-refractivity contribution in [2.75, 3.05) is 6.61 Å². The zero-order chi connectivity index (χ0) is 19.4. The third-order valence-corrected chi connectivity index (χ3v) is 6.14. The molecule has 0 saturated carbocycles. The molecule has 0 bridgehead atoms. The first-order valence-corrected chi connectivity index (χ1v) is 10.2. The highest BCUT2D eigenvalue weighted by molar-refractivity contribution is 7.22. The van der Waals surface area contributed by atoms with E-state index in [-0.39, 0.29) is 11.9 Å². The van der Waals surface area contributed by atoms with Crippen LogP contribution in [0.15, 0.2) is 30.5 Å². The second-order valence-corrected chi connectivity index (χ2v) is 8.23. The van der Waals surface area contributed by atoms with Gasteiger partial charge in [0.25, 0.3) is 0 Å². The maximum absolute atomic E-state index is 14.4. The highest BCUT2D eigenvalue weighted by atomic mass is 35.5. The summed E-state index contributed by atoms with van der Waals surface area (Å²) in [6.07, 6.45) is 2.34. The van der Waals surface area contributed by atoms with Crippen LogP contribution in [0, 0.1) is 5.82 Å². The summed E-state index contributed by atoms with van der Waals surface area (Å²) in [7, 11) is 0. The fourth-order valence-electron chi connectivity index (χ4n) is 3.64. The standard InChI is InChI=1S/C21H16ClFN2O2S/c1-3-26-13-6-11-5-12(22)7-14(18(11)24-9-13)21-25-17-8-16(23)19-15(20(17)28-21)4-10(2)27-19/h5-10H,3-4H2,1-2H3/t10-/m1/s1. The molecule has 0 radical (unpaired) electrons. The third kappa shape index (κ3) is 2.79. The predicted octanol–water partition coefficient (Wildman–Crippen LogP) is 6.03. The summed E-state index contributed by atoms with van der Waals surface area (Å²) in [6.45, 7) is 4.43. The number of hydrogen-bond donors (Lipinski definition) is 0. The van der Waals surface area contributed by atoms with Gasteiger partial charge in [0.1, 0.15) is 16.9 Å². The van der Waals surface area contributed by atoms with Gasteiger partial charge in [0, 0.05) is 34.0 Å². The van der Waals surface area contributed by atoms with Gasteiger partial charge in [0.15, 0.2) is 11.6 Å². The van der Waals surface area contributed by atoms with E-state index in [9.17, 15) is 4.39 Å². The highest BCUT2D eigenvalue weighted by Crippen LogP contribution is 2.43. The van der Waals surface area contributed by atoms with Crippen molar-refractivity contribution < 1.29 is 13.9 Å². The Morgan fingerprint density at radius 2 is 2.18 bits per heavy atom. The Bertz CT molecular complexity index is 1240. The normalized spacial score (nSPS) is 15.8. The molecule has 4 nitrogen and oxygen atoms in total. The molecule has 4 aromatic rings. The van der Waals surface area contributed by atoms with Gasteiger partial charge in [0.05, 0.1) is 28.5 Å². The molecule has 2 aromatic heterocycles. The Morgan fingerprint density at radius 3 is 3.00 bits per heavy atom. The second kappa shape index (κ2) is 6.57. The minimum Gasteiger partial charge on any atom is -0.492 e. The monoisotopic (exact) mass is 414 g/mol. The lowest BCUT2D eigenvalue weighted by Gasteiger charge is -2.07. The average molecular weight is 415 g/mol. The summed E-state index contributed by atoms with van der Waals surface area (Å²) in [5.41, 5.74) is 3.14. The van der Waals surface area contributed by atoms with Gasteiger partial charge in [-0.15, -0.1) is 11.3 Å². The molecule has 3 heterocycles. The van der Waals surface area contributed by atoms with Gasteiger partial charge < -0.3 is 9.47 Å². The zero-order valence-electron chi connectivity index (χ0n) is 15.3. The van der Waals surface area contributed by atoms with Crippen molar-refractivity contribution >= 4 is 44.1 Å². The largest absolute Gasteiger partial charge is 0.492 e. The van der Waals surface area contributed by atoms with E-state index in [1.165, 1.54) is 17.4 Å². The molecule has 142 valence electrons. The molecule has 28 heavy (non-hydrogen) atoms. The predicted molar refractivity (Wildman–Crippen MR) is 110 cm³/mol. The van der Waals surface area contributed by atoms with E-state index < -0.39 is 0 Å². The quantitative estimate of drug-likeness (QED) is 0.410. The van der Waals surface area contributed by atoms with Crippen molar-refractivity contribution in [3.63, 3.8) is 0 Å². The van der Waals surface area contributed by atoms with Gasteiger partial charge in [-0.3, -0.25) is 4.98 Å². The molecule has 0 amide bonds. The number of aromatic nitrogens is 2. The fourth-order valence-corrected chi connectivity index (χ4v) is 4.98. The van der Waals surface area contributed by atoms with Crippen LogP contribution in [0.1, 0.15) is 19.4 Å². The van der Waals surface area contributed by atoms with E-state index in [0.717, 1.165) is 31.7 Å². The van der Waals surface area contributed by atoms with Crippen molar-refractivity contribution in [1.82, 2.24) is 9.97 Å². The average Bonchev–Trinajstić information content (AvgIpc) is 3.24. The van der Waals surface area contributed by atoms with Gasteiger partial charge in [-0.25, -0.2) is 9.37 Å². The lowest BCUT2D eigenvalue weighted by atomic mass is 10.1. The number of pyridine rings is 1. The molecule has 0 aliphatic carbocycles. The summed E-state index contributed by atoms with van der Waals surface area (Å²) >= 11 is 7.89. The molecule has 0 unspecified atom stereocenters. The Labute approximate surface area is 169 Å². The topological polar surface area (TPSA) is 44.2 Å². The van der Waals surface area contributed by atoms with E-state index in [1.807, 2.05) is 32.0 Å². The Morgan fingerprint density at radius 1 is 1.32 bits per heavy atom. The van der Waals surface area contributed by atoms with Crippen LogP contribution in [0.5, 0.6) is 11.5 Å². The summed E-state index contributed by atoms with van der Waals surface area (Å²) in [5, 5.41) is 2.22. The van der Waals surface area contributed by atoms with Crippen LogP contribution in [0.2, 0.25) is 5.02 Å². The smallest absolute Gasteiger partial charge is 0.167 e. The van der Waals surface area contributed by atoms with Crippen molar-refractivity contribution in [3.05, 3.63) is 46.9 Å². The number of thiazole rings is 1. The Hall–Kier alpha value is -2.44. The highest BCUT2D eigenvalue weighted by Gasteiger charge is 2.27. The first-order chi connectivity index (χ1) is 13.5. The number of benzene rings is 2. The number of halogens is 2. The minimum absolute atomic E-state index is 0.0358. The molecular formula is C21H16ClFN2O2S. The molecule has 7 heteroatoms. The summed E-state index contributed by atoms with van der Waals surface area (Å²) in [6, 6.07) is 7.07. The van der Waals surface area contributed by atoms with Gasteiger partial charge in [-0.05, 0) is 32.0 Å². The molecule has 1 atom stereocenters. The van der Waals surface area contributed by atoms with Crippen LogP contribution in [-0.4, -0.2) is 22.7 Å². The van der Waals surface area contributed by atoms with Crippen LogP contribution in [0.25, 0.3) is 31.7 Å². The fraction of sp³-hybridized carbons (Fsp3) is 0.238. The second-order valence-electron chi connectivity index (χ2n) is 6.80. The van der Waals surface area contributed by atoms with Crippen LogP contribution in [0.3, 0.4) is 0 Å². The molecule has 1 aliphatic heterocycles. The van der Waals surface area contributed by atoms with E-state index in [2.05, 4.69) is 9.97 Å². The Balaban J connectivity index is 1.72. The summed E-state index contributed by atoms with van der Waals surface area (Å²) < 4.78 is 26.6. The van der Waals surface area contributed by atoms with Crippen LogP contribution in [0.4, 0.5) is 4.39 Å². The SMILES string of the molecule is CCOc1cnc2c(-c3nc4cc(F)c5c(c4s3)C[C@@H](C)O5)cc(Cl)cc2c1. The first kappa shape index (κ1) is 17.6. The van der Waals surface area contributed by atoms with Gasteiger partial charge in [-0.2, -0.15) is 0 Å². The van der Waals surface area contributed by atoms with Crippen LogP contribution >= 0.6 is 22.9 Å². The van der Waals surface area contributed by atoms with Gasteiger partial charge >= 0.3 is 0 Å². The molecule has 1 aliphatic rings. The number of nitrogens with zero attached hydrogens (tertiary/aromatic N) is 2. The maximum Gasteiger partial charge on any atom is 0.167 e. The van der Waals surface area contributed by atoms with E-state index in [0.29, 0.717) is 35.1 Å². The van der Waals surface area contributed by atoms with Crippen molar-refractivity contribution in [2.45, 2.75) is 26.4 Å². The van der Waals surface area contributed by atoms with E-state index >= 15 is 0 Å². The number of hydrogen-bond acceptors (Lipinski definition) is 5. The molecule has 0 N–H and O–H groups in total. The van der Waals surface area contributed by atoms with Crippen LogP contribution in [-0.2, 0) is 6.42 Å².